The molecular formula is C11H17NO. The highest BCUT2D eigenvalue weighted by molar-refractivity contribution is 5.80. The summed E-state index contributed by atoms with van der Waals surface area (Å²) in [6.07, 6.45) is 3.85. The molecule has 0 unspecified atom stereocenters. The van der Waals surface area contributed by atoms with Crippen LogP contribution >= 0.6 is 0 Å². The third kappa shape index (κ3) is 4.10. The molecular weight excluding hydrogens is 162 g/mol. The van der Waals surface area contributed by atoms with Gasteiger partial charge in [-0.1, -0.05) is 0 Å². The largest absolute Gasteiger partial charge is 0.298 e. The summed E-state index contributed by atoms with van der Waals surface area (Å²) in [5.41, 5.74) is 0. The molecule has 72 valence electrons. The van der Waals surface area contributed by atoms with E-state index < -0.39 is 0 Å². The van der Waals surface area contributed by atoms with E-state index in [9.17, 15) is 4.79 Å². The SMILES string of the molecule is CC#CCCC(=O)CN1CCCC1. The van der Waals surface area contributed by atoms with Gasteiger partial charge in [0.05, 0.1) is 6.54 Å². The molecule has 0 atom stereocenters. The molecule has 1 fully saturated rings. The lowest BCUT2D eigenvalue weighted by Crippen LogP contribution is -2.26. The van der Waals surface area contributed by atoms with Crippen LogP contribution in [0.3, 0.4) is 0 Å². The maximum Gasteiger partial charge on any atom is 0.147 e. The maximum atomic E-state index is 11.4. The number of hydrogen-bond acceptors (Lipinski definition) is 2. The Balaban J connectivity index is 2.11. The van der Waals surface area contributed by atoms with Crippen molar-refractivity contribution in [3.63, 3.8) is 0 Å². The Morgan fingerprint density at radius 2 is 2.08 bits per heavy atom. The number of carbonyl (C=O) groups excluding carboxylic acids is 1. The molecule has 1 heterocycles. The Morgan fingerprint density at radius 1 is 1.38 bits per heavy atom. The average molecular weight is 179 g/mol. The molecule has 0 aromatic carbocycles. The second-order valence-electron chi connectivity index (χ2n) is 3.45. The Bertz CT molecular complexity index is 218. The molecule has 1 rings (SSSR count). The molecule has 0 aromatic rings. The normalized spacial score (nSPS) is 16.7. The van der Waals surface area contributed by atoms with E-state index in [2.05, 4.69) is 16.7 Å². The van der Waals surface area contributed by atoms with Gasteiger partial charge in [-0.15, -0.1) is 11.8 Å². The van der Waals surface area contributed by atoms with E-state index in [0.29, 0.717) is 18.7 Å². The quantitative estimate of drug-likeness (QED) is 0.609. The van der Waals surface area contributed by atoms with Crippen molar-refractivity contribution < 1.29 is 4.79 Å². The predicted molar refractivity (Wildman–Crippen MR) is 53.4 cm³/mol. The molecule has 13 heavy (non-hydrogen) atoms. The fraction of sp³-hybridized carbons (Fsp3) is 0.727. The van der Waals surface area contributed by atoms with Crippen LogP contribution < -0.4 is 0 Å². The van der Waals surface area contributed by atoms with Crippen molar-refractivity contribution in [1.29, 1.82) is 0 Å². The van der Waals surface area contributed by atoms with Gasteiger partial charge in [0.2, 0.25) is 0 Å². The van der Waals surface area contributed by atoms with Crippen molar-refractivity contribution in [3.05, 3.63) is 0 Å². The number of nitrogens with zero attached hydrogens (tertiary/aromatic N) is 1. The molecule has 1 aliphatic rings. The van der Waals surface area contributed by atoms with E-state index >= 15 is 0 Å². The van der Waals surface area contributed by atoms with E-state index in [0.717, 1.165) is 19.5 Å². The molecule has 1 saturated heterocycles. The van der Waals surface area contributed by atoms with Gasteiger partial charge in [0.25, 0.3) is 0 Å². The number of likely N-dealkylation sites (tertiary alicyclic amines) is 1. The summed E-state index contributed by atoms with van der Waals surface area (Å²) in [4.78, 5) is 13.6. The topological polar surface area (TPSA) is 20.3 Å². The van der Waals surface area contributed by atoms with Crippen LogP contribution in [-0.2, 0) is 4.79 Å². The lowest BCUT2D eigenvalue weighted by Gasteiger charge is -2.12. The Hall–Kier alpha value is -0.810. The van der Waals surface area contributed by atoms with Gasteiger partial charge in [0, 0.05) is 12.8 Å². The summed E-state index contributed by atoms with van der Waals surface area (Å²) < 4.78 is 0. The van der Waals surface area contributed by atoms with Gasteiger partial charge in [-0.2, -0.15) is 0 Å². The van der Waals surface area contributed by atoms with E-state index in [1.165, 1.54) is 12.8 Å². The fourth-order valence-electron chi connectivity index (χ4n) is 1.60. The lowest BCUT2D eigenvalue weighted by molar-refractivity contribution is -0.119. The zero-order valence-electron chi connectivity index (χ0n) is 8.31. The minimum absolute atomic E-state index is 0.338. The van der Waals surface area contributed by atoms with Crippen LogP contribution in [0.4, 0.5) is 0 Å². The molecule has 0 bridgehead atoms. The summed E-state index contributed by atoms with van der Waals surface area (Å²) in [5, 5.41) is 0. The minimum atomic E-state index is 0.338. The smallest absolute Gasteiger partial charge is 0.147 e. The van der Waals surface area contributed by atoms with Gasteiger partial charge in [0.15, 0.2) is 0 Å². The second kappa shape index (κ2) is 5.77. The van der Waals surface area contributed by atoms with Crippen molar-refractivity contribution in [2.45, 2.75) is 32.6 Å². The highest BCUT2D eigenvalue weighted by atomic mass is 16.1. The van der Waals surface area contributed by atoms with Crippen molar-refractivity contribution in [3.8, 4) is 11.8 Å². The van der Waals surface area contributed by atoms with Gasteiger partial charge in [-0.05, 0) is 32.9 Å². The van der Waals surface area contributed by atoms with Crippen LogP contribution in [0.1, 0.15) is 32.6 Å². The number of Topliss-reactive ketones (excluding diaryl/α,β-unsaturated/α-hetero) is 1. The van der Waals surface area contributed by atoms with Crippen molar-refractivity contribution in [2.75, 3.05) is 19.6 Å². The molecule has 0 aliphatic carbocycles. The van der Waals surface area contributed by atoms with Crippen molar-refractivity contribution in [1.82, 2.24) is 4.90 Å². The monoisotopic (exact) mass is 179 g/mol. The second-order valence-corrected chi connectivity index (χ2v) is 3.45. The molecule has 0 spiro atoms. The number of hydrogen-bond donors (Lipinski definition) is 0. The van der Waals surface area contributed by atoms with Gasteiger partial charge in [-0.3, -0.25) is 9.69 Å². The first-order valence-electron chi connectivity index (χ1n) is 4.96. The summed E-state index contributed by atoms with van der Waals surface area (Å²) >= 11 is 0. The minimum Gasteiger partial charge on any atom is -0.298 e. The summed E-state index contributed by atoms with van der Waals surface area (Å²) in [5.74, 6) is 6.05. The summed E-state index contributed by atoms with van der Waals surface area (Å²) in [7, 11) is 0. The van der Waals surface area contributed by atoms with Gasteiger partial charge in [-0.25, -0.2) is 0 Å². The Kier molecular flexibility index (Phi) is 4.56. The van der Waals surface area contributed by atoms with Gasteiger partial charge in [0.1, 0.15) is 5.78 Å². The zero-order valence-corrected chi connectivity index (χ0v) is 8.31. The lowest BCUT2D eigenvalue weighted by atomic mass is 10.2. The Labute approximate surface area is 80.3 Å². The molecule has 1 aliphatic heterocycles. The highest BCUT2D eigenvalue weighted by Crippen LogP contribution is 2.07. The first-order chi connectivity index (χ1) is 6.33. The van der Waals surface area contributed by atoms with Crippen LogP contribution in [0.5, 0.6) is 0 Å². The van der Waals surface area contributed by atoms with Crippen LogP contribution in [0.15, 0.2) is 0 Å². The van der Waals surface area contributed by atoms with Crippen molar-refractivity contribution >= 4 is 5.78 Å². The number of carbonyl (C=O) groups is 1. The third-order valence-electron chi connectivity index (χ3n) is 2.30. The standard InChI is InChI=1S/C11H17NO/c1-2-3-4-7-11(13)10-12-8-5-6-9-12/h4-10H2,1H3. The van der Waals surface area contributed by atoms with Crippen LogP contribution in [0, 0.1) is 11.8 Å². The molecule has 0 amide bonds. The molecule has 0 saturated carbocycles. The maximum absolute atomic E-state index is 11.4. The van der Waals surface area contributed by atoms with Gasteiger partial charge < -0.3 is 0 Å². The van der Waals surface area contributed by atoms with Crippen LogP contribution in [0.25, 0.3) is 0 Å². The van der Waals surface area contributed by atoms with E-state index in [4.69, 9.17) is 0 Å². The predicted octanol–water partition coefficient (Wildman–Crippen LogP) is 1.45. The first kappa shape index (κ1) is 10.3. The summed E-state index contributed by atoms with van der Waals surface area (Å²) in [6.45, 7) is 4.66. The fourth-order valence-corrected chi connectivity index (χ4v) is 1.60. The first-order valence-corrected chi connectivity index (χ1v) is 4.96. The highest BCUT2D eigenvalue weighted by Gasteiger charge is 2.14. The van der Waals surface area contributed by atoms with E-state index in [1.54, 1.807) is 0 Å². The number of ketones is 1. The van der Waals surface area contributed by atoms with E-state index in [1.807, 2.05) is 6.92 Å². The van der Waals surface area contributed by atoms with Crippen LogP contribution in [0.2, 0.25) is 0 Å². The number of rotatable bonds is 4. The Morgan fingerprint density at radius 3 is 2.69 bits per heavy atom. The third-order valence-corrected chi connectivity index (χ3v) is 2.30. The molecule has 2 nitrogen and oxygen atoms in total. The zero-order chi connectivity index (χ0) is 9.52. The molecule has 0 radical (unpaired) electrons. The van der Waals surface area contributed by atoms with Gasteiger partial charge >= 0.3 is 0 Å². The molecule has 0 aromatic heterocycles. The van der Waals surface area contributed by atoms with E-state index in [-0.39, 0.29) is 0 Å². The molecule has 0 N–H and O–H groups in total. The summed E-state index contributed by atoms with van der Waals surface area (Å²) in [6, 6.07) is 0. The average Bonchev–Trinajstić information content (AvgIpc) is 2.57. The van der Waals surface area contributed by atoms with Crippen LogP contribution in [-0.4, -0.2) is 30.3 Å². The van der Waals surface area contributed by atoms with Crippen molar-refractivity contribution in [2.24, 2.45) is 0 Å². The molecule has 2 heteroatoms.